The van der Waals surface area contributed by atoms with Gasteiger partial charge in [-0.3, -0.25) is 9.54 Å². The van der Waals surface area contributed by atoms with Crippen molar-refractivity contribution in [2.24, 2.45) is 0 Å². The summed E-state index contributed by atoms with van der Waals surface area (Å²) < 4.78 is 44.2. The summed E-state index contributed by atoms with van der Waals surface area (Å²) in [6.07, 6.45) is 3.40. The molecule has 0 saturated heterocycles. The largest absolute Gasteiger partial charge is 0.488 e. The van der Waals surface area contributed by atoms with Crippen LogP contribution in [0.5, 0.6) is 11.5 Å². The lowest BCUT2D eigenvalue weighted by molar-refractivity contribution is 0.287. The Hall–Kier alpha value is -2.95. The highest BCUT2D eigenvalue weighted by molar-refractivity contribution is 9.10. The maximum atomic E-state index is 11.0. The molecule has 0 spiro atoms. The van der Waals surface area contributed by atoms with Crippen LogP contribution in [0.2, 0.25) is 5.02 Å². The number of hydrogen-bond acceptors (Lipinski definition) is 6. The number of rotatable bonds is 12. The molecule has 2 N–H and O–H groups in total. The van der Waals surface area contributed by atoms with E-state index in [1.807, 2.05) is 48.5 Å². The molecule has 0 amide bonds. The molecule has 4 aromatic rings. The van der Waals surface area contributed by atoms with Crippen molar-refractivity contribution in [3.05, 3.63) is 111 Å². The van der Waals surface area contributed by atoms with Gasteiger partial charge in [-0.25, -0.2) is 0 Å². The Morgan fingerprint density at radius 3 is 2.45 bits per heavy atom. The predicted molar refractivity (Wildman–Crippen MR) is 152 cm³/mol. The maximum Gasteiger partial charge on any atom is 0.266 e. The SMILES string of the molecule is O=S(=O)(O)CCNCc1cc(Cl)c(OCc2cccc(-c3ccccc3)c2Br)cc1OCc1cccnc1. The van der Waals surface area contributed by atoms with Gasteiger partial charge in [0.2, 0.25) is 0 Å². The second-order valence-electron chi connectivity index (χ2n) is 8.44. The molecule has 7 nitrogen and oxygen atoms in total. The summed E-state index contributed by atoms with van der Waals surface area (Å²) in [5, 5.41) is 3.38. The number of aromatic nitrogens is 1. The monoisotopic (exact) mass is 616 g/mol. The number of hydrogen-bond donors (Lipinski definition) is 2. The van der Waals surface area contributed by atoms with Gasteiger partial charge in [0.25, 0.3) is 10.1 Å². The first-order chi connectivity index (χ1) is 18.3. The first-order valence-corrected chi connectivity index (χ1v) is 14.5. The molecule has 0 aliphatic heterocycles. The van der Waals surface area contributed by atoms with E-state index in [0.29, 0.717) is 22.1 Å². The molecule has 198 valence electrons. The standard InChI is InChI=1S/C28H26BrClN2O5S/c29-28-22(9-4-10-24(28)21-7-2-1-3-8-21)19-37-27-15-26(36-18-20-6-5-11-31-16-20)23(14-25(27)30)17-32-12-13-38(33,34)35/h1-11,14-16,32H,12-13,17-19H2,(H,33,34,35). The topological polar surface area (TPSA) is 97.8 Å². The minimum Gasteiger partial charge on any atom is -0.488 e. The quantitative estimate of drug-likeness (QED) is 0.142. The second kappa shape index (κ2) is 13.2. The second-order valence-corrected chi connectivity index (χ2v) is 11.2. The van der Waals surface area contributed by atoms with E-state index in [0.717, 1.165) is 26.7 Å². The highest BCUT2D eigenvalue weighted by Crippen LogP contribution is 2.36. The van der Waals surface area contributed by atoms with E-state index in [4.69, 9.17) is 25.6 Å². The number of nitrogens with zero attached hydrogens (tertiary/aromatic N) is 1. The zero-order valence-electron chi connectivity index (χ0n) is 20.3. The first kappa shape index (κ1) is 28.1. The minimum absolute atomic E-state index is 0.0720. The molecule has 0 radical (unpaired) electrons. The number of benzene rings is 3. The van der Waals surface area contributed by atoms with Crippen LogP contribution in [0.4, 0.5) is 0 Å². The zero-order valence-corrected chi connectivity index (χ0v) is 23.5. The molecule has 0 bridgehead atoms. The van der Waals surface area contributed by atoms with Crippen LogP contribution in [0.3, 0.4) is 0 Å². The van der Waals surface area contributed by atoms with Crippen molar-refractivity contribution < 1.29 is 22.4 Å². The van der Waals surface area contributed by atoms with Crippen LogP contribution in [0.25, 0.3) is 11.1 Å². The van der Waals surface area contributed by atoms with E-state index in [-0.39, 0.29) is 26.3 Å². The molecule has 38 heavy (non-hydrogen) atoms. The Kier molecular flexibility index (Phi) is 9.76. The number of nitrogens with one attached hydrogen (secondary N) is 1. The molecule has 0 atom stereocenters. The van der Waals surface area contributed by atoms with Crippen LogP contribution >= 0.6 is 27.5 Å². The van der Waals surface area contributed by atoms with Crippen LogP contribution in [-0.2, 0) is 29.9 Å². The third kappa shape index (κ3) is 8.02. The lowest BCUT2D eigenvalue weighted by Crippen LogP contribution is -2.22. The van der Waals surface area contributed by atoms with Gasteiger partial charge < -0.3 is 14.8 Å². The van der Waals surface area contributed by atoms with Crippen LogP contribution < -0.4 is 14.8 Å². The lowest BCUT2D eigenvalue weighted by Gasteiger charge is -2.17. The number of ether oxygens (including phenoxy) is 2. The molecule has 0 aliphatic carbocycles. The van der Waals surface area contributed by atoms with Gasteiger partial charge in [-0.05, 0) is 39.2 Å². The van der Waals surface area contributed by atoms with Crippen molar-refractivity contribution in [1.29, 1.82) is 0 Å². The van der Waals surface area contributed by atoms with Crippen molar-refractivity contribution in [1.82, 2.24) is 10.3 Å². The fourth-order valence-electron chi connectivity index (χ4n) is 3.72. The Morgan fingerprint density at radius 1 is 0.921 bits per heavy atom. The Morgan fingerprint density at radius 2 is 1.71 bits per heavy atom. The molecule has 0 aliphatic rings. The van der Waals surface area contributed by atoms with E-state index >= 15 is 0 Å². The normalized spacial score (nSPS) is 11.3. The van der Waals surface area contributed by atoms with Crippen molar-refractivity contribution >= 4 is 37.6 Å². The molecule has 0 unspecified atom stereocenters. The summed E-state index contributed by atoms with van der Waals surface area (Å²) in [7, 11) is -4.06. The first-order valence-electron chi connectivity index (χ1n) is 11.8. The zero-order chi connectivity index (χ0) is 27.0. The maximum absolute atomic E-state index is 11.0. The predicted octanol–water partition coefficient (Wildman–Crippen LogP) is 6.30. The Labute approximate surface area is 235 Å². The van der Waals surface area contributed by atoms with Crippen LogP contribution in [0.1, 0.15) is 16.7 Å². The summed E-state index contributed by atoms with van der Waals surface area (Å²) in [5.41, 5.74) is 4.71. The number of pyridine rings is 1. The van der Waals surface area contributed by atoms with Crippen LogP contribution in [0, 0.1) is 0 Å². The van der Waals surface area contributed by atoms with E-state index in [9.17, 15) is 8.42 Å². The van der Waals surface area contributed by atoms with Crippen LogP contribution in [-0.4, -0.2) is 30.3 Å². The van der Waals surface area contributed by atoms with Gasteiger partial charge in [0.1, 0.15) is 24.7 Å². The fraction of sp³-hybridized carbons (Fsp3) is 0.179. The summed E-state index contributed by atoms with van der Waals surface area (Å²) >= 11 is 10.3. The summed E-state index contributed by atoms with van der Waals surface area (Å²) in [6, 6.07) is 23.3. The van der Waals surface area contributed by atoms with Gasteiger partial charge in [0.15, 0.2) is 0 Å². The van der Waals surface area contributed by atoms with Crippen LogP contribution in [0.15, 0.2) is 89.7 Å². The average molecular weight is 618 g/mol. The molecular formula is C28H26BrClN2O5S. The highest BCUT2D eigenvalue weighted by atomic mass is 79.9. The van der Waals surface area contributed by atoms with Gasteiger partial charge in [-0.2, -0.15) is 8.42 Å². The highest BCUT2D eigenvalue weighted by Gasteiger charge is 2.14. The molecule has 3 aromatic carbocycles. The van der Waals surface area contributed by atoms with E-state index in [2.05, 4.69) is 38.4 Å². The van der Waals surface area contributed by atoms with Crippen molar-refractivity contribution in [2.75, 3.05) is 12.3 Å². The van der Waals surface area contributed by atoms with Gasteiger partial charge in [0, 0.05) is 52.7 Å². The molecule has 0 fully saturated rings. The van der Waals surface area contributed by atoms with E-state index < -0.39 is 15.9 Å². The summed E-state index contributed by atoms with van der Waals surface area (Å²) in [5.74, 6) is 0.585. The van der Waals surface area contributed by atoms with E-state index in [1.165, 1.54) is 0 Å². The molecule has 1 heterocycles. The molecular weight excluding hydrogens is 592 g/mol. The summed E-state index contributed by atoms with van der Waals surface area (Å²) in [6.45, 7) is 0.900. The van der Waals surface area contributed by atoms with Crippen molar-refractivity contribution in [2.45, 2.75) is 19.8 Å². The van der Waals surface area contributed by atoms with E-state index in [1.54, 1.807) is 24.5 Å². The average Bonchev–Trinajstić information content (AvgIpc) is 2.91. The van der Waals surface area contributed by atoms with Gasteiger partial charge >= 0.3 is 0 Å². The van der Waals surface area contributed by atoms with Gasteiger partial charge in [-0.1, -0.05) is 66.2 Å². The minimum atomic E-state index is -4.06. The van der Waals surface area contributed by atoms with Crippen molar-refractivity contribution in [3.8, 4) is 22.6 Å². The molecule has 4 rings (SSSR count). The van der Waals surface area contributed by atoms with Crippen molar-refractivity contribution in [3.63, 3.8) is 0 Å². The van der Waals surface area contributed by atoms with Gasteiger partial charge in [-0.15, -0.1) is 0 Å². The molecule has 10 heteroatoms. The Balaban J connectivity index is 1.53. The molecule has 0 saturated carbocycles. The third-order valence-electron chi connectivity index (χ3n) is 5.63. The third-order valence-corrected chi connectivity index (χ3v) is 7.58. The Bertz CT molecular complexity index is 1470. The van der Waals surface area contributed by atoms with Gasteiger partial charge in [0.05, 0.1) is 10.8 Å². The fourth-order valence-corrected chi connectivity index (χ4v) is 4.97. The summed E-state index contributed by atoms with van der Waals surface area (Å²) in [4.78, 5) is 4.11. The lowest BCUT2D eigenvalue weighted by atomic mass is 10.0. The smallest absolute Gasteiger partial charge is 0.266 e. The molecule has 1 aromatic heterocycles. The number of halogens is 2.